The highest BCUT2D eigenvalue weighted by Gasteiger charge is 2.40. The second-order valence-corrected chi connectivity index (χ2v) is 9.70. The zero-order valence-corrected chi connectivity index (χ0v) is 19.0. The molecule has 0 saturated carbocycles. The lowest BCUT2D eigenvalue weighted by molar-refractivity contribution is 0.622. The molecule has 156 valence electrons. The van der Waals surface area contributed by atoms with E-state index in [9.17, 15) is 0 Å². The first kappa shape index (κ1) is 19.2. The summed E-state index contributed by atoms with van der Waals surface area (Å²) in [6.45, 7) is 8.95. The maximum atomic E-state index is 5.18. The average molecular weight is 415 g/mol. The molecule has 0 radical (unpaired) electrons. The van der Waals surface area contributed by atoms with Crippen LogP contribution in [0.25, 0.3) is 43.9 Å². The van der Waals surface area contributed by atoms with Gasteiger partial charge in [-0.15, -0.1) is 0 Å². The zero-order chi connectivity index (χ0) is 22.0. The minimum atomic E-state index is -0.174. The Morgan fingerprint density at radius 3 is 2.16 bits per heavy atom. The fourth-order valence-electron chi connectivity index (χ4n) is 5.16. The van der Waals surface area contributed by atoms with E-state index in [-0.39, 0.29) is 11.3 Å². The molecule has 1 aliphatic carbocycles. The normalized spacial score (nSPS) is 14.2. The molecular weight excluding hydrogens is 388 g/mol. The molecule has 5 aromatic rings. The van der Waals surface area contributed by atoms with Crippen molar-refractivity contribution in [2.75, 3.05) is 0 Å². The van der Waals surface area contributed by atoms with Gasteiger partial charge >= 0.3 is 0 Å². The van der Waals surface area contributed by atoms with Gasteiger partial charge in [-0.25, -0.2) is 9.97 Å². The summed E-state index contributed by atoms with van der Waals surface area (Å²) in [4.78, 5) is 10.3. The van der Waals surface area contributed by atoms with Gasteiger partial charge in [0, 0.05) is 22.5 Å². The summed E-state index contributed by atoms with van der Waals surface area (Å²) in [7, 11) is 0. The maximum absolute atomic E-state index is 5.18. The molecule has 32 heavy (non-hydrogen) atoms. The van der Waals surface area contributed by atoms with Crippen LogP contribution in [0.15, 0.2) is 78.9 Å². The Morgan fingerprint density at radius 2 is 1.38 bits per heavy atom. The molecule has 0 fully saturated rings. The van der Waals surface area contributed by atoms with Gasteiger partial charge in [0.15, 0.2) is 0 Å². The number of hydrogen-bond donors (Lipinski definition) is 0. The van der Waals surface area contributed by atoms with E-state index in [1.54, 1.807) is 0 Å². The van der Waals surface area contributed by atoms with Crippen molar-refractivity contribution in [2.24, 2.45) is 0 Å². The van der Waals surface area contributed by atoms with E-state index in [4.69, 9.17) is 9.97 Å². The Morgan fingerprint density at radius 1 is 0.688 bits per heavy atom. The van der Waals surface area contributed by atoms with Gasteiger partial charge in [0.05, 0.1) is 11.4 Å². The molecule has 1 heterocycles. The van der Waals surface area contributed by atoms with Crippen LogP contribution in [0.1, 0.15) is 50.7 Å². The van der Waals surface area contributed by atoms with E-state index in [2.05, 4.69) is 107 Å². The SMILES string of the molecule is CC(C)c1nc(-c2ccc3ccccc3c2)c2c(n1)C(C)(C)c1ccc3ccccc3c1-2. The highest BCUT2D eigenvalue weighted by atomic mass is 14.9. The van der Waals surface area contributed by atoms with Crippen LogP contribution in [0.3, 0.4) is 0 Å². The Balaban J connectivity index is 1.75. The molecule has 0 aliphatic heterocycles. The van der Waals surface area contributed by atoms with Gasteiger partial charge in [-0.1, -0.05) is 100 Å². The molecule has 6 rings (SSSR count). The summed E-state index contributed by atoms with van der Waals surface area (Å²) >= 11 is 0. The van der Waals surface area contributed by atoms with Crippen molar-refractivity contribution in [3.05, 3.63) is 95.9 Å². The van der Waals surface area contributed by atoms with Gasteiger partial charge in [0.1, 0.15) is 5.82 Å². The molecular formula is C30H26N2. The van der Waals surface area contributed by atoms with Crippen LogP contribution in [-0.4, -0.2) is 9.97 Å². The summed E-state index contributed by atoms with van der Waals surface area (Å²) in [5, 5.41) is 5.02. The molecule has 0 N–H and O–H groups in total. The fourth-order valence-corrected chi connectivity index (χ4v) is 5.16. The van der Waals surface area contributed by atoms with Crippen molar-refractivity contribution < 1.29 is 0 Å². The topological polar surface area (TPSA) is 25.8 Å². The monoisotopic (exact) mass is 414 g/mol. The largest absolute Gasteiger partial charge is 0.236 e. The Hall–Kier alpha value is -3.52. The first-order valence-electron chi connectivity index (χ1n) is 11.4. The predicted molar refractivity (Wildman–Crippen MR) is 134 cm³/mol. The second kappa shape index (κ2) is 6.74. The number of hydrogen-bond acceptors (Lipinski definition) is 2. The van der Waals surface area contributed by atoms with Crippen molar-refractivity contribution in [3.63, 3.8) is 0 Å². The van der Waals surface area contributed by atoms with E-state index in [1.807, 2.05) is 0 Å². The van der Waals surface area contributed by atoms with Crippen molar-refractivity contribution >= 4 is 21.5 Å². The summed E-state index contributed by atoms with van der Waals surface area (Å²) in [5.41, 5.74) is 7.00. The highest BCUT2D eigenvalue weighted by Crippen LogP contribution is 2.53. The predicted octanol–water partition coefficient (Wildman–Crippen LogP) is 7.88. The summed E-state index contributed by atoms with van der Waals surface area (Å²) in [6.07, 6.45) is 0. The molecule has 0 amide bonds. The van der Waals surface area contributed by atoms with E-state index in [0.29, 0.717) is 0 Å². The maximum Gasteiger partial charge on any atom is 0.131 e. The second-order valence-electron chi connectivity index (χ2n) is 9.70. The fraction of sp³-hybridized carbons (Fsp3) is 0.200. The Kier molecular flexibility index (Phi) is 4.04. The molecule has 0 atom stereocenters. The van der Waals surface area contributed by atoms with Crippen LogP contribution in [0.5, 0.6) is 0 Å². The standard InChI is InChI=1S/C30H26N2/c1-18(2)29-31-27(22-14-13-19-9-5-6-11-21(19)17-22)26-25-23-12-8-7-10-20(23)15-16-24(25)30(3,4)28(26)32-29/h5-18H,1-4H3. The number of benzene rings is 4. The first-order chi connectivity index (χ1) is 15.4. The summed E-state index contributed by atoms with van der Waals surface area (Å²) in [6, 6.07) is 28.4. The lowest BCUT2D eigenvalue weighted by Crippen LogP contribution is -2.18. The molecule has 1 aliphatic rings. The lowest BCUT2D eigenvalue weighted by Gasteiger charge is -2.21. The quantitative estimate of drug-likeness (QED) is 0.293. The molecule has 2 nitrogen and oxygen atoms in total. The van der Waals surface area contributed by atoms with Crippen LogP contribution in [-0.2, 0) is 5.41 Å². The molecule has 0 bridgehead atoms. The van der Waals surface area contributed by atoms with Crippen molar-refractivity contribution in [3.8, 4) is 22.4 Å². The third-order valence-corrected chi connectivity index (χ3v) is 6.91. The first-order valence-corrected chi connectivity index (χ1v) is 11.4. The van der Waals surface area contributed by atoms with Gasteiger partial charge in [-0.2, -0.15) is 0 Å². The lowest BCUT2D eigenvalue weighted by atomic mass is 9.84. The van der Waals surface area contributed by atoms with Gasteiger partial charge in [0.25, 0.3) is 0 Å². The van der Waals surface area contributed by atoms with E-state index < -0.39 is 0 Å². The van der Waals surface area contributed by atoms with E-state index in [0.717, 1.165) is 22.8 Å². The third-order valence-electron chi connectivity index (χ3n) is 6.91. The molecule has 2 heteroatoms. The number of rotatable bonds is 2. The van der Waals surface area contributed by atoms with Crippen LogP contribution >= 0.6 is 0 Å². The summed E-state index contributed by atoms with van der Waals surface area (Å²) < 4.78 is 0. The van der Waals surface area contributed by atoms with Gasteiger partial charge in [0.2, 0.25) is 0 Å². The Labute approximate surface area is 189 Å². The van der Waals surface area contributed by atoms with E-state index >= 15 is 0 Å². The van der Waals surface area contributed by atoms with Crippen molar-refractivity contribution in [2.45, 2.75) is 39.0 Å². The molecule has 1 aromatic heterocycles. The van der Waals surface area contributed by atoms with Crippen molar-refractivity contribution in [1.29, 1.82) is 0 Å². The molecule has 0 spiro atoms. The minimum Gasteiger partial charge on any atom is -0.236 e. The van der Waals surface area contributed by atoms with Gasteiger partial charge in [-0.3, -0.25) is 0 Å². The van der Waals surface area contributed by atoms with Crippen LogP contribution in [0.2, 0.25) is 0 Å². The zero-order valence-electron chi connectivity index (χ0n) is 19.0. The smallest absolute Gasteiger partial charge is 0.131 e. The molecule has 0 unspecified atom stereocenters. The molecule has 4 aromatic carbocycles. The van der Waals surface area contributed by atoms with Gasteiger partial charge in [-0.05, 0) is 38.7 Å². The van der Waals surface area contributed by atoms with Crippen LogP contribution < -0.4 is 0 Å². The molecule has 0 saturated heterocycles. The van der Waals surface area contributed by atoms with Crippen LogP contribution in [0.4, 0.5) is 0 Å². The van der Waals surface area contributed by atoms with Crippen molar-refractivity contribution in [1.82, 2.24) is 9.97 Å². The van der Waals surface area contributed by atoms with Crippen LogP contribution in [0, 0.1) is 0 Å². The average Bonchev–Trinajstić information content (AvgIpc) is 3.05. The Bertz CT molecular complexity index is 1530. The minimum absolute atomic E-state index is 0.174. The third kappa shape index (κ3) is 2.65. The number of fused-ring (bicyclic) bond motifs is 6. The highest BCUT2D eigenvalue weighted by molar-refractivity contribution is 6.05. The number of nitrogens with zero attached hydrogens (tertiary/aromatic N) is 2. The van der Waals surface area contributed by atoms with Gasteiger partial charge < -0.3 is 0 Å². The summed E-state index contributed by atoms with van der Waals surface area (Å²) in [5.74, 6) is 1.17. The number of aromatic nitrogens is 2. The van der Waals surface area contributed by atoms with E-state index in [1.165, 1.54) is 38.2 Å².